The van der Waals surface area contributed by atoms with Crippen molar-refractivity contribution in [1.29, 1.82) is 0 Å². The third-order valence-corrected chi connectivity index (χ3v) is 2.65. The highest BCUT2D eigenvalue weighted by Gasteiger charge is 2.44. The average molecular weight is 199 g/mol. The van der Waals surface area contributed by atoms with Crippen LogP contribution in [0.25, 0.3) is 0 Å². The minimum Gasteiger partial charge on any atom is -0.385 e. The molecule has 1 aromatic rings. The molecule has 0 radical (unpaired) electrons. The van der Waals surface area contributed by atoms with Crippen LogP contribution in [0, 0.1) is 11.6 Å². The number of benzene rings is 1. The van der Waals surface area contributed by atoms with Gasteiger partial charge in [0.25, 0.3) is 0 Å². The molecule has 1 aliphatic rings. The highest BCUT2D eigenvalue weighted by molar-refractivity contribution is 5.28. The summed E-state index contributed by atoms with van der Waals surface area (Å²) in [5.74, 6) is -1.90. The summed E-state index contributed by atoms with van der Waals surface area (Å²) in [6, 6.07) is 3.68. The molecule has 1 aromatic carbocycles. The summed E-state index contributed by atoms with van der Waals surface area (Å²) in [6.45, 7) is 0. The summed E-state index contributed by atoms with van der Waals surface area (Å²) in [6.07, 6.45) is 0.570. The van der Waals surface area contributed by atoms with E-state index >= 15 is 0 Å². The molecule has 0 bridgehead atoms. The maximum Gasteiger partial charge on any atom is 0.164 e. The first-order valence-electron chi connectivity index (χ1n) is 4.45. The van der Waals surface area contributed by atoms with Crippen LogP contribution in [0.15, 0.2) is 18.2 Å². The fraction of sp³-hybridized carbons (Fsp3) is 0.400. The van der Waals surface area contributed by atoms with E-state index in [2.05, 4.69) is 0 Å². The third kappa shape index (κ3) is 1.31. The van der Waals surface area contributed by atoms with Crippen LogP contribution >= 0.6 is 0 Å². The van der Waals surface area contributed by atoms with Gasteiger partial charge < -0.3 is 10.8 Å². The molecular weight excluding hydrogens is 188 g/mol. The SMILES string of the molecule is NC1CC(O)(c2cccc(F)c2F)C1. The van der Waals surface area contributed by atoms with Crippen molar-refractivity contribution in [3.8, 4) is 0 Å². The molecule has 2 nitrogen and oxygen atoms in total. The molecule has 76 valence electrons. The molecule has 0 saturated heterocycles. The first kappa shape index (κ1) is 9.55. The van der Waals surface area contributed by atoms with Crippen molar-refractivity contribution in [3.05, 3.63) is 35.4 Å². The molecule has 0 atom stereocenters. The van der Waals surface area contributed by atoms with Crippen LogP contribution in [0.1, 0.15) is 18.4 Å². The van der Waals surface area contributed by atoms with Crippen LogP contribution in [0.5, 0.6) is 0 Å². The lowest BCUT2D eigenvalue weighted by molar-refractivity contribution is -0.0553. The third-order valence-electron chi connectivity index (χ3n) is 2.65. The Bertz CT molecular complexity index is 361. The van der Waals surface area contributed by atoms with Crippen molar-refractivity contribution >= 4 is 0 Å². The lowest BCUT2D eigenvalue weighted by Gasteiger charge is -2.42. The van der Waals surface area contributed by atoms with Crippen LogP contribution < -0.4 is 5.73 Å². The summed E-state index contributed by atoms with van der Waals surface area (Å²) >= 11 is 0. The van der Waals surface area contributed by atoms with Gasteiger partial charge in [0.15, 0.2) is 11.6 Å². The molecule has 0 spiro atoms. The first-order valence-corrected chi connectivity index (χ1v) is 4.45. The van der Waals surface area contributed by atoms with E-state index in [0.717, 1.165) is 6.07 Å². The van der Waals surface area contributed by atoms with Crippen LogP contribution in [-0.2, 0) is 5.60 Å². The van der Waals surface area contributed by atoms with Gasteiger partial charge >= 0.3 is 0 Å². The Labute approximate surface area is 80.4 Å². The molecule has 3 N–H and O–H groups in total. The van der Waals surface area contributed by atoms with Crippen molar-refractivity contribution in [2.45, 2.75) is 24.5 Å². The summed E-state index contributed by atoms with van der Waals surface area (Å²) in [5, 5.41) is 9.87. The Morgan fingerprint density at radius 1 is 1.36 bits per heavy atom. The zero-order valence-electron chi connectivity index (χ0n) is 7.50. The maximum atomic E-state index is 13.3. The number of halogens is 2. The Balaban J connectivity index is 2.37. The first-order chi connectivity index (χ1) is 6.53. The number of aliphatic hydroxyl groups is 1. The number of hydrogen-bond acceptors (Lipinski definition) is 2. The number of nitrogens with two attached hydrogens (primary N) is 1. The minimum absolute atomic E-state index is 0.0131. The van der Waals surface area contributed by atoms with E-state index in [1.807, 2.05) is 0 Å². The van der Waals surface area contributed by atoms with E-state index in [1.165, 1.54) is 12.1 Å². The summed E-state index contributed by atoms with van der Waals surface area (Å²) < 4.78 is 26.1. The molecule has 1 aliphatic carbocycles. The largest absolute Gasteiger partial charge is 0.385 e. The molecule has 0 aliphatic heterocycles. The van der Waals surface area contributed by atoms with Gasteiger partial charge in [0.1, 0.15) is 0 Å². The summed E-state index contributed by atoms with van der Waals surface area (Å²) in [5.41, 5.74) is 4.24. The maximum absolute atomic E-state index is 13.3. The van der Waals surface area contributed by atoms with E-state index in [9.17, 15) is 13.9 Å². The Morgan fingerprint density at radius 2 is 2.00 bits per heavy atom. The van der Waals surface area contributed by atoms with Crippen molar-refractivity contribution < 1.29 is 13.9 Å². The standard InChI is InChI=1S/C10H11F2NO/c11-8-3-1-2-7(9(8)12)10(14)4-6(13)5-10/h1-3,6,14H,4-5,13H2. The number of hydrogen-bond donors (Lipinski definition) is 2. The van der Waals surface area contributed by atoms with Gasteiger partial charge in [-0.05, 0) is 18.9 Å². The molecule has 4 heteroatoms. The Kier molecular flexibility index (Phi) is 2.05. The van der Waals surface area contributed by atoms with E-state index in [1.54, 1.807) is 0 Å². The monoisotopic (exact) mass is 199 g/mol. The van der Waals surface area contributed by atoms with E-state index in [0.29, 0.717) is 0 Å². The van der Waals surface area contributed by atoms with E-state index in [4.69, 9.17) is 5.73 Å². The highest BCUT2D eigenvalue weighted by Crippen LogP contribution is 2.41. The Hall–Kier alpha value is -1.00. The highest BCUT2D eigenvalue weighted by atomic mass is 19.2. The van der Waals surface area contributed by atoms with Crippen LogP contribution in [0.3, 0.4) is 0 Å². The smallest absolute Gasteiger partial charge is 0.164 e. The van der Waals surface area contributed by atoms with E-state index in [-0.39, 0.29) is 24.4 Å². The van der Waals surface area contributed by atoms with Gasteiger partial charge in [0.2, 0.25) is 0 Å². The van der Waals surface area contributed by atoms with Crippen molar-refractivity contribution in [2.24, 2.45) is 5.73 Å². The molecule has 14 heavy (non-hydrogen) atoms. The van der Waals surface area contributed by atoms with Gasteiger partial charge in [-0.25, -0.2) is 8.78 Å². The van der Waals surface area contributed by atoms with Crippen molar-refractivity contribution in [3.63, 3.8) is 0 Å². The van der Waals surface area contributed by atoms with Crippen LogP contribution in [-0.4, -0.2) is 11.1 Å². The van der Waals surface area contributed by atoms with E-state index < -0.39 is 17.2 Å². The van der Waals surface area contributed by atoms with Crippen molar-refractivity contribution in [1.82, 2.24) is 0 Å². The minimum atomic E-state index is -1.27. The van der Waals surface area contributed by atoms with Gasteiger partial charge in [0, 0.05) is 11.6 Å². The van der Waals surface area contributed by atoms with Gasteiger partial charge in [-0.1, -0.05) is 12.1 Å². The second-order valence-corrected chi connectivity index (χ2v) is 3.80. The lowest BCUT2D eigenvalue weighted by Crippen LogP contribution is -2.49. The zero-order valence-corrected chi connectivity index (χ0v) is 7.50. The molecule has 1 saturated carbocycles. The van der Waals surface area contributed by atoms with Crippen LogP contribution in [0.4, 0.5) is 8.78 Å². The lowest BCUT2D eigenvalue weighted by atomic mass is 9.71. The quantitative estimate of drug-likeness (QED) is 0.715. The van der Waals surface area contributed by atoms with Gasteiger partial charge in [0.05, 0.1) is 5.60 Å². The summed E-state index contributed by atoms with van der Waals surface area (Å²) in [7, 11) is 0. The second kappa shape index (κ2) is 3.00. The fourth-order valence-corrected chi connectivity index (χ4v) is 1.89. The molecular formula is C10H11F2NO. The Morgan fingerprint density at radius 3 is 2.57 bits per heavy atom. The molecule has 0 amide bonds. The van der Waals surface area contributed by atoms with Crippen molar-refractivity contribution in [2.75, 3.05) is 0 Å². The average Bonchev–Trinajstić information content (AvgIpc) is 2.07. The topological polar surface area (TPSA) is 46.2 Å². The molecule has 0 unspecified atom stereocenters. The fourth-order valence-electron chi connectivity index (χ4n) is 1.89. The predicted molar refractivity (Wildman–Crippen MR) is 47.5 cm³/mol. The molecule has 0 aromatic heterocycles. The number of rotatable bonds is 1. The van der Waals surface area contributed by atoms with Gasteiger partial charge in [-0.3, -0.25) is 0 Å². The normalized spacial score (nSPS) is 31.3. The summed E-state index contributed by atoms with van der Waals surface area (Å²) in [4.78, 5) is 0. The van der Waals surface area contributed by atoms with Crippen LogP contribution in [0.2, 0.25) is 0 Å². The molecule has 1 fully saturated rings. The molecule has 0 heterocycles. The van der Waals surface area contributed by atoms with Gasteiger partial charge in [-0.2, -0.15) is 0 Å². The second-order valence-electron chi connectivity index (χ2n) is 3.80. The molecule has 2 rings (SSSR count). The van der Waals surface area contributed by atoms with Gasteiger partial charge in [-0.15, -0.1) is 0 Å². The zero-order chi connectivity index (χ0) is 10.3. The predicted octanol–water partition coefficient (Wildman–Crippen LogP) is 1.27.